The van der Waals surface area contributed by atoms with E-state index < -0.39 is 0 Å². The molecule has 37 heavy (non-hydrogen) atoms. The van der Waals surface area contributed by atoms with Crippen LogP contribution in [0.15, 0.2) is 79.0 Å². The molecule has 6 rings (SSSR count). The maximum Gasteiger partial charge on any atom is 0.219 e. The number of rotatable bonds is 5. The van der Waals surface area contributed by atoms with Crippen LogP contribution >= 0.6 is 0 Å². The SMILES string of the molecule is CC(=O)N1CCOCC1CN1C=CC=C(Nc2cc(-c3ccc4ccn(C)c4c3)c3nccnc3c2)C1. The van der Waals surface area contributed by atoms with Crippen LogP contribution < -0.4 is 5.32 Å². The molecule has 1 unspecified atom stereocenters. The number of carbonyl (C=O) groups is 1. The fourth-order valence-corrected chi connectivity index (χ4v) is 5.29. The molecule has 8 heteroatoms. The predicted molar refractivity (Wildman–Crippen MR) is 146 cm³/mol. The lowest BCUT2D eigenvalue weighted by Gasteiger charge is -2.38. The topological polar surface area (TPSA) is 75.5 Å². The molecule has 188 valence electrons. The smallest absolute Gasteiger partial charge is 0.219 e. The number of allylic oxidation sites excluding steroid dienone is 2. The number of nitrogens with one attached hydrogen (secondary N) is 1. The van der Waals surface area contributed by atoms with Crippen LogP contribution in [0.1, 0.15) is 6.92 Å². The molecule has 8 nitrogen and oxygen atoms in total. The number of ether oxygens (including phenoxy) is 1. The number of benzene rings is 2. The summed E-state index contributed by atoms with van der Waals surface area (Å²) in [5.41, 5.74) is 7.07. The summed E-state index contributed by atoms with van der Waals surface area (Å²) in [7, 11) is 2.06. The zero-order valence-corrected chi connectivity index (χ0v) is 21.1. The van der Waals surface area contributed by atoms with Crippen molar-refractivity contribution >= 4 is 33.5 Å². The number of nitrogens with zero attached hydrogens (tertiary/aromatic N) is 5. The molecule has 0 radical (unpaired) electrons. The van der Waals surface area contributed by atoms with E-state index in [0.29, 0.717) is 26.3 Å². The van der Waals surface area contributed by atoms with Crippen molar-refractivity contribution in [2.75, 3.05) is 38.2 Å². The number of aryl methyl sites for hydroxylation is 1. The third kappa shape index (κ3) is 4.68. The van der Waals surface area contributed by atoms with Crippen LogP contribution in [0.3, 0.4) is 0 Å². The molecule has 1 amide bonds. The summed E-state index contributed by atoms with van der Waals surface area (Å²) >= 11 is 0. The van der Waals surface area contributed by atoms with E-state index in [2.05, 4.69) is 80.6 Å². The lowest BCUT2D eigenvalue weighted by Crippen LogP contribution is -2.52. The first kappa shape index (κ1) is 23.2. The summed E-state index contributed by atoms with van der Waals surface area (Å²) in [5.74, 6) is 0.0986. The Morgan fingerprint density at radius 2 is 2.05 bits per heavy atom. The second-order valence-corrected chi connectivity index (χ2v) is 9.68. The molecule has 1 atom stereocenters. The van der Waals surface area contributed by atoms with Crippen molar-refractivity contribution in [1.29, 1.82) is 0 Å². The van der Waals surface area contributed by atoms with Gasteiger partial charge in [-0.1, -0.05) is 12.1 Å². The molecule has 1 N–H and O–H groups in total. The summed E-state index contributed by atoms with van der Waals surface area (Å²) in [4.78, 5) is 25.5. The largest absolute Gasteiger partial charge is 0.377 e. The highest BCUT2D eigenvalue weighted by molar-refractivity contribution is 5.97. The van der Waals surface area contributed by atoms with Crippen LogP contribution in [0.4, 0.5) is 5.69 Å². The van der Waals surface area contributed by atoms with E-state index in [1.165, 1.54) is 10.9 Å². The molecule has 2 aliphatic heterocycles. The first-order valence-electron chi connectivity index (χ1n) is 12.6. The normalized spacial score (nSPS) is 17.9. The second-order valence-electron chi connectivity index (χ2n) is 9.68. The van der Waals surface area contributed by atoms with Gasteiger partial charge in [0.15, 0.2) is 0 Å². The maximum absolute atomic E-state index is 12.1. The molecule has 0 bridgehead atoms. The van der Waals surface area contributed by atoms with Crippen molar-refractivity contribution in [3.63, 3.8) is 0 Å². The molecule has 2 aromatic carbocycles. The van der Waals surface area contributed by atoms with Crippen molar-refractivity contribution in [1.82, 2.24) is 24.3 Å². The lowest BCUT2D eigenvalue weighted by molar-refractivity contribution is -0.137. The summed E-state index contributed by atoms with van der Waals surface area (Å²) in [6, 6.07) is 12.9. The average molecular weight is 495 g/mol. The Bertz CT molecular complexity index is 1540. The van der Waals surface area contributed by atoms with E-state index in [-0.39, 0.29) is 11.9 Å². The van der Waals surface area contributed by atoms with E-state index in [0.717, 1.165) is 40.1 Å². The Balaban J connectivity index is 1.26. The van der Waals surface area contributed by atoms with Crippen LogP contribution in [-0.2, 0) is 16.6 Å². The molecular formula is C29H30N6O2. The van der Waals surface area contributed by atoms with Crippen LogP contribution in [0.5, 0.6) is 0 Å². The van der Waals surface area contributed by atoms with E-state index in [1.54, 1.807) is 19.3 Å². The third-order valence-electron chi connectivity index (χ3n) is 7.12. The van der Waals surface area contributed by atoms with Gasteiger partial charge >= 0.3 is 0 Å². The highest BCUT2D eigenvalue weighted by Gasteiger charge is 2.27. The van der Waals surface area contributed by atoms with E-state index in [9.17, 15) is 4.79 Å². The molecule has 4 heterocycles. The van der Waals surface area contributed by atoms with Gasteiger partial charge in [0, 0.05) is 68.1 Å². The Kier molecular flexibility index (Phi) is 6.10. The number of hydrogen-bond donors (Lipinski definition) is 1. The first-order chi connectivity index (χ1) is 18.0. The van der Waals surface area contributed by atoms with E-state index in [1.807, 2.05) is 17.0 Å². The fourth-order valence-electron chi connectivity index (χ4n) is 5.29. The summed E-state index contributed by atoms with van der Waals surface area (Å²) in [6.07, 6.45) is 11.8. The number of aromatic nitrogens is 3. The van der Waals surface area contributed by atoms with Crippen molar-refractivity contribution in [3.8, 4) is 11.1 Å². The molecule has 1 saturated heterocycles. The first-order valence-corrected chi connectivity index (χ1v) is 12.6. The number of fused-ring (bicyclic) bond motifs is 2. The lowest BCUT2D eigenvalue weighted by atomic mass is 10.0. The van der Waals surface area contributed by atoms with Crippen LogP contribution in [-0.4, -0.2) is 69.1 Å². The molecule has 0 aliphatic carbocycles. The number of morpholine rings is 1. The zero-order chi connectivity index (χ0) is 25.4. The van der Waals surface area contributed by atoms with Gasteiger partial charge in [-0.05, 0) is 53.6 Å². The quantitative estimate of drug-likeness (QED) is 0.449. The molecular weight excluding hydrogens is 464 g/mol. The van der Waals surface area contributed by atoms with Gasteiger partial charge in [0.2, 0.25) is 5.91 Å². The van der Waals surface area contributed by atoms with Gasteiger partial charge < -0.3 is 24.4 Å². The van der Waals surface area contributed by atoms with Crippen LogP contribution in [0, 0.1) is 0 Å². The van der Waals surface area contributed by atoms with Gasteiger partial charge in [-0.25, -0.2) is 0 Å². The van der Waals surface area contributed by atoms with Gasteiger partial charge in [0.1, 0.15) is 0 Å². The minimum Gasteiger partial charge on any atom is -0.377 e. The summed E-state index contributed by atoms with van der Waals surface area (Å²) < 4.78 is 7.79. The van der Waals surface area contributed by atoms with E-state index >= 15 is 0 Å². The fraction of sp³-hybridized carbons (Fsp3) is 0.276. The zero-order valence-electron chi connectivity index (χ0n) is 21.1. The van der Waals surface area contributed by atoms with Crippen LogP contribution in [0.2, 0.25) is 0 Å². The number of anilines is 1. The van der Waals surface area contributed by atoms with Crippen molar-refractivity contribution in [2.45, 2.75) is 13.0 Å². The standard InChI is InChI=1S/C29H30N6O2/c1-20(36)35-12-13-37-19-25(35)18-34-10-3-4-23(17-34)32-24-15-26(29-27(16-24)30-8-9-31-29)22-6-5-21-7-11-33(2)28(21)14-22/h3-11,14-16,25,32H,12-13,17-19H2,1-2H3. The molecule has 1 fully saturated rings. The summed E-state index contributed by atoms with van der Waals surface area (Å²) in [6.45, 7) is 4.88. The van der Waals surface area contributed by atoms with Crippen molar-refractivity contribution in [2.24, 2.45) is 7.05 Å². The molecule has 0 saturated carbocycles. The van der Waals surface area contributed by atoms with Gasteiger partial charge in [-0.3, -0.25) is 14.8 Å². The van der Waals surface area contributed by atoms with Crippen molar-refractivity contribution < 1.29 is 9.53 Å². The molecule has 2 aliphatic rings. The Morgan fingerprint density at radius 3 is 2.95 bits per heavy atom. The molecule has 0 spiro atoms. The third-order valence-corrected chi connectivity index (χ3v) is 7.12. The van der Waals surface area contributed by atoms with Gasteiger partial charge in [-0.15, -0.1) is 0 Å². The highest BCUT2D eigenvalue weighted by atomic mass is 16.5. The molecule has 4 aromatic rings. The van der Waals surface area contributed by atoms with E-state index in [4.69, 9.17) is 4.74 Å². The Hall–Kier alpha value is -4.17. The number of amides is 1. The highest BCUT2D eigenvalue weighted by Crippen LogP contribution is 2.32. The summed E-state index contributed by atoms with van der Waals surface area (Å²) in [5, 5.41) is 4.82. The average Bonchev–Trinajstić information content (AvgIpc) is 3.28. The Labute approximate surface area is 215 Å². The number of carbonyl (C=O) groups excluding carboxylic acids is 1. The minimum atomic E-state index is 0.0465. The number of hydrogen-bond acceptors (Lipinski definition) is 6. The Morgan fingerprint density at radius 1 is 1.16 bits per heavy atom. The van der Waals surface area contributed by atoms with Gasteiger partial charge in [0.05, 0.1) is 36.8 Å². The monoisotopic (exact) mass is 494 g/mol. The predicted octanol–water partition coefficient (Wildman–Crippen LogP) is 4.16. The molecule has 2 aromatic heterocycles. The van der Waals surface area contributed by atoms with Crippen molar-refractivity contribution in [3.05, 3.63) is 79.0 Å². The van der Waals surface area contributed by atoms with Gasteiger partial charge in [-0.2, -0.15) is 0 Å². The van der Waals surface area contributed by atoms with Gasteiger partial charge in [0.25, 0.3) is 0 Å². The minimum absolute atomic E-state index is 0.0465. The second kappa shape index (κ2) is 9.71. The van der Waals surface area contributed by atoms with Crippen LogP contribution in [0.25, 0.3) is 33.1 Å². The maximum atomic E-state index is 12.1.